The Morgan fingerprint density at radius 3 is 2.74 bits per heavy atom. The van der Waals surface area contributed by atoms with Gasteiger partial charge in [-0.1, -0.05) is 59.1 Å². The minimum absolute atomic E-state index is 0.158. The SMILES string of the molecule is CCCCc1nc2ccc(Br)cc2c(=O)n1N=Cc1cc(Cl)c(OCc2ccccc2C#N)c(OCC)c1. The summed E-state index contributed by atoms with van der Waals surface area (Å²) in [5.41, 5.74) is 2.30. The second-order valence-corrected chi connectivity index (χ2v) is 9.80. The molecule has 0 N–H and O–H groups in total. The molecule has 194 valence electrons. The van der Waals surface area contributed by atoms with Crippen LogP contribution in [0.4, 0.5) is 0 Å². The molecule has 0 aliphatic carbocycles. The van der Waals surface area contributed by atoms with Gasteiger partial charge in [0.1, 0.15) is 12.4 Å². The number of rotatable bonds is 10. The number of fused-ring (bicyclic) bond motifs is 1. The maximum absolute atomic E-state index is 13.3. The number of nitriles is 1. The van der Waals surface area contributed by atoms with Crippen LogP contribution in [0, 0.1) is 11.3 Å². The minimum atomic E-state index is -0.245. The molecule has 0 fully saturated rings. The van der Waals surface area contributed by atoms with Crippen molar-refractivity contribution in [3.05, 3.63) is 97.0 Å². The van der Waals surface area contributed by atoms with Gasteiger partial charge < -0.3 is 9.47 Å². The van der Waals surface area contributed by atoms with Crippen LogP contribution in [0.1, 0.15) is 49.2 Å². The molecule has 0 aliphatic rings. The summed E-state index contributed by atoms with van der Waals surface area (Å²) in [6.07, 6.45) is 4.03. The van der Waals surface area contributed by atoms with E-state index >= 15 is 0 Å². The number of halogens is 2. The summed E-state index contributed by atoms with van der Waals surface area (Å²) >= 11 is 10.0. The summed E-state index contributed by atoms with van der Waals surface area (Å²) in [6.45, 7) is 4.50. The third kappa shape index (κ3) is 6.24. The number of ether oxygens (including phenoxy) is 2. The van der Waals surface area contributed by atoms with E-state index in [1.807, 2.05) is 31.2 Å². The normalized spacial score (nSPS) is 11.1. The van der Waals surface area contributed by atoms with E-state index in [0.717, 1.165) is 22.9 Å². The molecule has 0 amide bonds. The van der Waals surface area contributed by atoms with Gasteiger partial charge in [0, 0.05) is 16.5 Å². The lowest BCUT2D eigenvalue weighted by Crippen LogP contribution is -2.22. The second kappa shape index (κ2) is 12.7. The number of aromatic nitrogens is 2. The van der Waals surface area contributed by atoms with E-state index in [1.54, 1.807) is 36.5 Å². The van der Waals surface area contributed by atoms with E-state index in [4.69, 9.17) is 26.1 Å². The largest absolute Gasteiger partial charge is 0.490 e. The lowest BCUT2D eigenvalue weighted by atomic mass is 10.1. The average molecular weight is 594 g/mol. The molecule has 9 heteroatoms. The molecule has 38 heavy (non-hydrogen) atoms. The standard InChI is InChI=1S/C29H26BrClN4O3/c1-3-5-10-27-34-25-12-11-22(30)15-23(25)29(36)35(27)33-17-19-13-24(31)28(26(14-19)37-4-2)38-18-21-9-7-6-8-20(21)16-32/h6-9,11-15,17H,3-5,10,18H2,1-2H3. The summed E-state index contributed by atoms with van der Waals surface area (Å²) < 4.78 is 13.9. The molecule has 4 rings (SSSR count). The average Bonchev–Trinajstić information content (AvgIpc) is 2.91. The van der Waals surface area contributed by atoms with Crippen molar-refractivity contribution < 1.29 is 9.47 Å². The maximum Gasteiger partial charge on any atom is 0.282 e. The fourth-order valence-electron chi connectivity index (χ4n) is 3.91. The van der Waals surface area contributed by atoms with Crippen LogP contribution >= 0.6 is 27.5 Å². The lowest BCUT2D eigenvalue weighted by Gasteiger charge is -2.15. The van der Waals surface area contributed by atoms with Crippen LogP contribution in [-0.2, 0) is 13.0 Å². The topological polar surface area (TPSA) is 89.5 Å². The number of nitrogens with zero attached hydrogens (tertiary/aromatic N) is 4. The van der Waals surface area contributed by atoms with Crippen molar-refractivity contribution in [3.8, 4) is 17.6 Å². The Labute approximate surface area is 234 Å². The fourth-order valence-corrected chi connectivity index (χ4v) is 4.54. The van der Waals surface area contributed by atoms with Crippen LogP contribution in [0.5, 0.6) is 11.5 Å². The van der Waals surface area contributed by atoms with Gasteiger partial charge in [-0.2, -0.15) is 15.0 Å². The molecule has 0 aliphatic heterocycles. The van der Waals surface area contributed by atoms with E-state index in [2.05, 4.69) is 34.0 Å². The van der Waals surface area contributed by atoms with Crippen LogP contribution in [0.15, 0.2) is 69.0 Å². The van der Waals surface area contributed by atoms with Crippen molar-refractivity contribution >= 4 is 44.6 Å². The number of unbranched alkanes of at least 4 members (excludes halogenated alkanes) is 1. The van der Waals surface area contributed by atoms with Gasteiger partial charge in [0.05, 0.1) is 40.4 Å². The van der Waals surface area contributed by atoms with Gasteiger partial charge in [0.2, 0.25) is 0 Å². The first-order valence-corrected chi connectivity index (χ1v) is 13.4. The zero-order valence-electron chi connectivity index (χ0n) is 21.1. The first-order valence-electron chi connectivity index (χ1n) is 12.3. The van der Waals surface area contributed by atoms with Gasteiger partial charge in [0.15, 0.2) is 11.5 Å². The molecular formula is C29H26BrClN4O3. The van der Waals surface area contributed by atoms with Gasteiger partial charge in [-0.05, 0) is 55.3 Å². The molecule has 4 aromatic rings. The Hall–Kier alpha value is -3.67. The van der Waals surface area contributed by atoms with Crippen molar-refractivity contribution in [1.82, 2.24) is 9.66 Å². The first kappa shape index (κ1) is 27.4. The van der Waals surface area contributed by atoms with Gasteiger partial charge in [-0.3, -0.25) is 4.79 Å². The molecule has 1 aromatic heterocycles. The highest BCUT2D eigenvalue weighted by molar-refractivity contribution is 9.10. The Balaban J connectivity index is 1.70. The number of hydrogen-bond donors (Lipinski definition) is 0. The number of benzene rings is 3. The molecule has 0 spiro atoms. The van der Waals surface area contributed by atoms with Gasteiger partial charge in [-0.15, -0.1) is 0 Å². The molecule has 0 unspecified atom stereocenters. The molecule has 7 nitrogen and oxygen atoms in total. The lowest BCUT2D eigenvalue weighted by molar-refractivity contribution is 0.269. The monoisotopic (exact) mass is 592 g/mol. The predicted molar refractivity (Wildman–Crippen MR) is 153 cm³/mol. The van der Waals surface area contributed by atoms with E-state index in [9.17, 15) is 10.1 Å². The summed E-state index contributed by atoms with van der Waals surface area (Å²) in [4.78, 5) is 18.1. The third-order valence-electron chi connectivity index (χ3n) is 5.79. The number of aryl methyl sites for hydroxylation is 1. The van der Waals surface area contributed by atoms with E-state index < -0.39 is 0 Å². The summed E-state index contributed by atoms with van der Waals surface area (Å²) in [7, 11) is 0. The highest BCUT2D eigenvalue weighted by atomic mass is 79.9. The van der Waals surface area contributed by atoms with Crippen molar-refractivity contribution in [1.29, 1.82) is 5.26 Å². The van der Waals surface area contributed by atoms with E-state index in [-0.39, 0.29) is 12.2 Å². The van der Waals surface area contributed by atoms with Gasteiger partial charge in [-0.25, -0.2) is 4.98 Å². The predicted octanol–water partition coefficient (Wildman–Crippen LogP) is 6.89. The fraction of sp³-hybridized carbons (Fsp3) is 0.241. The molecule has 1 heterocycles. The van der Waals surface area contributed by atoms with Crippen LogP contribution in [-0.4, -0.2) is 22.5 Å². The van der Waals surface area contributed by atoms with Gasteiger partial charge >= 0.3 is 0 Å². The summed E-state index contributed by atoms with van der Waals surface area (Å²) in [5, 5.41) is 14.7. The highest BCUT2D eigenvalue weighted by Crippen LogP contribution is 2.37. The van der Waals surface area contributed by atoms with Crippen molar-refractivity contribution in [2.75, 3.05) is 6.61 Å². The maximum atomic E-state index is 13.3. The Bertz CT molecular complexity index is 1590. The van der Waals surface area contributed by atoms with Crippen LogP contribution < -0.4 is 15.0 Å². The van der Waals surface area contributed by atoms with E-state index in [0.29, 0.717) is 57.4 Å². The van der Waals surface area contributed by atoms with Crippen LogP contribution in [0.3, 0.4) is 0 Å². The van der Waals surface area contributed by atoms with Gasteiger partial charge in [0.25, 0.3) is 5.56 Å². The first-order chi connectivity index (χ1) is 18.4. The molecule has 0 saturated carbocycles. The molecule has 0 saturated heterocycles. The number of hydrogen-bond acceptors (Lipinski definition) is 6. The Morgan fingerprint density at radius 2 is 1.97 bits per heavy atom. The molecule has 0 radical (unpaired) electrons. The zero-order chi connectivity index (χ0) is 27.1. The van der Waals surface area contributed by atoms with E-state index in [1.165, 1.54) is 4.68 Å². The Morgan fingerprint density at radius 1 is 1.16 bits per heavy atom. The minimum Gasteiger partial charge on any atom is -0.490 e. The summed E-state index contributed by atoms with van der Waals surface area (Å²) in [6, 6.07) is 18.3. The molecule has 3 aromatic carbocycles. The smallest absolute Gasteiger partial charge is 0.282 e. The van der Waals surface area contributed by atoms with Crippen LogP contribution in [0.25, 0.3) is 10.9 Å². The quantitative estimate of drug-likeness (QED) is 0.187. The highest BCUT2D eigenvalue weighted by Gasteiger charge is 2.15. The second-order valence-electron chi connectivity index (χ2n) is 8.48. The Kier molecular flexibility index (Phi) is 9.16. The van der Waals surface area contributed by atoms with Crippen molar-refractivity contribution in [2.24, 2.45) is 5.10 Å². The molecule has 0 atom stereocenters. The van der Waals surface area contributed by atoms with Crippen molar-refractivity contribution in [3.63, 3.8) is 0 Å². The van der Waals surface area contributed by atoms with Crippen molar-refractivity contribution in [2.45, 2.75) is 39.7 Å². The molecule has 0 bridgehead atoms. The summed E-state index contributed by atoms with van der Waals surface area (Å²) in [5.74, 6) is 1.40. The van der Waals surface area contributed by atoms with Crippen LogP contribution in [0.2, 0.25) is 5.02 Å². The third-order valence-corrected chi connectivity index (χ3v) is 6.57. The zero-order valence-corrected chi connectivity index (χ0v) is 23.4. The molecular weight excluding hydrogens is 568 g/mol.